The zero-order chi connectivity index (χ0) is 24.9. The molecule has 1 aliphatic carbocycles. The van der Waals surface area contributed by atoms with Gasteiger partial charge in [-0.3, -0.25) is 9.59 Å². The van der Waals surface area contributed by atoms with E-state index in [4.69, 9.17) is 20.9 Å². The zero-order valence-electron chi connectivity index (χ0n) is 20.5. The molecule has 0 bridgehead atoms. The molecule has 35 heavy (non-hydrogen) atoms. The number of nitrogen functional groups attached to an aromatic ring is 1. The lowest BCUT2D eigenvalue weighted by Gasteiger charge is -2.36. The highest BCUT2D eigenvalue weighted by Gasteiger charge is 2.25. The maximum atomic E-state index is 13.0. The van der Waals surface area contributed by atoms with Crippen LogP contribution in [0.4, 0.5) is 11.4 Å². The molecule has 2 amide bonds. The van der Waals surface area contributed by atoms with Gasteiger partial charge in [-0.2, -0.15) is 0 Å². The third-order valence-corrected chi connectivity index (χ3v) is 6.93. The number of nitrogens with zero attached hydrogens (tertiary/aromatic N) is 2. The second-order valence-electron chi connectivity index (χ2n) is 9.21. The monoisotopic (exact) mass is 481 g/mol. The van der Waals surface area contributed by atoms with E-state index in [-0.39, 0.29) is 23.9 Å². The van der Waals surface area contributed by atoms with Crippen LogP contribution in [0.2, 0.25) is 0 Å². The predicted molar refractivity (Wildman–Crippen MR) is 136 cm³/mol. The summed E-state index contributed by atoms with van der Waals surface area (Å²) in [6, 6.07) is 11.1. The maximum absolute atomic E-state index is 13.0. The number of anilines is 2. The molecule has 2 fully saturated rings. The molecule has 188 valence electrons. The largest absolute Gasteiger partial charge is 0.493 e. The summed E-state index contributed by atoms with van der Waals surface area (Å²) in [5.74, 6) is 0.966. The molecule has 2 aliphatic rings. The first-order chi connectivity index (χ1) is 16.9. The molecule has 0 atom stereocenters. The van der Waals surface area contributed by atoms with Crippen molar-refractivity contribution in [3.8, 4) is 11.5 Å². The van der Waals surface area contributed by atoms with Crippen LogP contribution in [0.3, 0.4) is 0 Å². The topological polar surface area (TPSA) is 123 Å². The lowest BCUT2D eigenvalue weighted by molar-refractivity contribution is 0.0746. The lowest BCUT2D eigenvalue weighted by Crippen LogP contribution is -2.49. The van der Waals surface area contributed by atoms with Gasteiger partial charge >= 0.3 is 0 Å². The van der Waals surface area contributed by atoms with E-state index in [0.29, 0.717) is 54.5 Å². The quantitative estimate of drug-likeness (QED) is 0.541. The highest BCUT2D eigenvalue weighted by atomic mass is 16.5. The normalized spacial score (nSPS) is 20.3. The van der Waals surface area contributed by atoms with Crippen LogP contribution in [0, 0.1) is 0 Å². The Morgan fingerprint density at radius 1 is 0.886 bits per heavy atom. The molecule has 0 radical (unpaired) electrons. The Kier molecular flexibility index (Phi) is 7.65. The van der Waals surface area contributed by atoms with Crippen molar-refractivity contribution < 1.29 is 19.1 Å². The van der Waals surface area contributed by atoms with Gasteiger partial charge in [-0.25, -0.2) is 0 Å². The van der Waals surface area contributed by atoms with Gasteiger partial charge in [0.15, 0.2) is 11.5 Å². The van der Waals surface area contributed by atoms with Crippen LogP contribution in [0.1, 0.15) is 46.4 Å². The molecule has 0 spiro atoms. The molecule has 0 aromatic heterocycles. The van der Waals surface area contributed by atoms with Crippen LogP contribution >= 0.6 is 0 Å². The standard InChI is InChI=1S/C26H35N5O4/c1-34-23-10-4-18(16-24(23)35-2)26(33)31-13-11-30(12-14-31)22-9-3-17(15-21(22)28)25(32)29-20-7-5-19(27)6-8-20/h3-4,9-10,15-16,19-20H,5-8,11-14,27-28H2,1-2H3,(H,29,32). The van der Waals surface area contributed by atoms with E-state index < -0.39 is 0 Å². The van der Waals surface area contributed by atoms with Gasteiger partial charge in [0.05, 0.1) is 25.6 Å². The molecule has 1 saturated heterocycles. The molecule has 0 unspecified atom stereocenters. The van der Waals surface area contributed by atoms with Crippen LogP contribution < -0.4 is 31.2 Å². The number of rotatable bonds is 6. The second kappa shape index (κ2) is 10.9. The highest BCUT2D eigenvalue weighted by Crippen LogP contribution is 2.29. The molecule has 2 aromatic carbocycles. The van der Waals surface area contributed by atoms with Crippen molar-refractivity contribution in [2.45, 2.75) is 37.8 Å². The van der Waals surface area contributed by atoms with E-state index in [0.717, 1.165) is 31.4 Å². The fourth-order valence-corrected chi connectivity index (χ4v) is 4.82. The van der Waals surface area contributed by atoms with Crippen LogP contribution in [-0.4, -0.2) is 69.2 Å². The van der Waals surface area contributed by atoms with Gasteiger partial charge in [-0.15, -0.1) is 0 Å². The average molecular weight is 482 g/mol. The van der Waals surface area contributed by atoms with Crippen LogP contribution in [0.15, 0.2) is 36.4 Å². The summed E-state index contributed by atoms with van der Waals surface area (Å²) in [5, 5.41) is 3.11. The third-order valence-electron chi connectivity index (χ3n) is 6.93. The summed E-state index contributed by atoms with van der Waals surface area (Å²) < 4.78 is 10.6. The van der Waals surface area contributed by atoms with Crippen LogP contribution in [-0.2, 0) is 0 Å². The van der Waals surface area contributed by atoms with E-state index in [2.05, 4.69) is 10.2 Å². The van der Waals surface area contributed by atoms with E-state index in [1.165, 1.54) is 0 Å². The molecule has 9 nitrogen and oxygen atoms in total. The fraction of sp³-hybridized carbons (Fsp3) is 0.462. The lowest BCUT2D eigenvalue weighted by atomic mass is 9.91. The Labute approximate surface area is 206 Å². The molecule has 4 rings (SSSR count). The van der Waals surface area contributed by atoms with Gasteiger partial charge < -0.3 is 36.1 Å². The molecule has 1 aliphatic heterocycles. The van der Waals surface area contributed by atoms with Crippen molar-refractivity contribution in [1.82, 2.24) is 10.2 Å². The summed E-state index contributed by atoms with van der Waals surface area (Å²) in [5.41, 5.74) is 14.9. The van der Waals surface area contributed by atoms with Crippen molar-refractivity contribution in [1.29, 1.82) is 0 Å². The second-order valence-corrected chi connectivity index (χ2v) is 9.21. The number of methoxy groups -OCH3 is 2. The van der Waals surface area contributed by atoms with Gasteiger partial charge in [-0.05, 0) is 62.1 Å². The number of amides is 2. The van der Waals surface area contributed by atoms with Gasteiger partial charge in [0.25, 0.3) is 11.8 Å². The number of nitrogens with one attached hydrogen (secondary N) is 1. The van der Waals surface area contributed by atoms with Crippen molar-refractivity contribution >= 4 is 23.2 Å². The summed E-state index contributed by atoms with van der Waals surface area (Å²) >= 11 is 0. The highest BCUT2D eigenvalue weighted by molar-refractivity contribution is 5.97. The average Bonchev–Trinajstić information content (AvgIpc) is 2.89. The number of hydrogen-bond acceptors (Lipinski definition) is 7. The van der Waals surface area contributed by atoms with Crippen LogP contribution in [0.5, 0.6) is 11.5 Å². The number of ether oxygens (including phenoxy) is 2. The Morgan fingerprint density at radius 2 is 1.54 bits per heavy atom. The maximum Gasteiger partial charge on any atom is 0.254 e. The van der Waals surface area contributed by atoms with E-state index in [1.54, 1.807) is 38.5 Å². The van der Waals surface area contributed by atoms with Crippen molar-refractivity contribution in [2.24, 2.45) is 5.73 Å². The molecular weight excluding hydrogens is 446 g/mol. The first kappa shape index (κ1) is 24.7. The molecule has 9 heteroatoms. The number of hydrogen-bond donors (Lipinski definition) is 3. The summed E-state index contributed by atoms with van der Waals surface area (Å²) in [4.78, 5) is 29.7. The Bertz CT molecular complexity index is 1060. The van der Waals surface area contributed by atoms with Gasteiger partial charge in [0.2, 0.25) is 0 Å². The Hall–Kier alpha value is -3.46. The fourth-order valence-electron chi connectivity index (χ4n) is 4.82. The number of carbonyl (C=O) groups excluding carboxylic acids is 2. The van der Waals surface area contributed by atoms with Gasteiger partial charge in [0.1, 0.15) is 0 Å². The van der Waals surface area contributed by atoms with Crippen LogP contribution in [0.25, 0.3) is 0 Å². The smallest absolute Gasteiger partial charge is 0.254 e. The molecule has 2 aromatic rings. The third kappa shape index (κ3) is 5.62. The summed E-state index contributed by atoms with van der Waals surface area (Å²) in [6.45, 7) is 2.44. The summed E-state index contributed by atoms with van der Waals surface area (Å²) in [6.07, 6.45) is 3.69. The SMILES string of the molecule is COc1ccc(C(=O)N2CCN(c3ccc(C(=O)NC4CCC(N)CC4)cc3N)CC2)cc1OC. The molecule has 1 heterocycles. The van der Waals surface area contributed by atoms with Crippen molar-refractivity contribution in [2.75, 3.05) is 51.0 Å². The Balaban J connectivity index is 1.35. The number of piperazine rings is 1. The van der Waals surface area contributed by atoms with Gasteiger partial charge in [0, 0.05) is 49.4 Å². The minimum atomic E-state index is -0.103. The van der Waals surface area contributed by atoms with Gasteiger partial charge in [-0.1, -0.05) is 0 Å². The Morgan fingerprint density at radius 3 is 2.17 bits per heavy atom. The molecule has 1 saturated carbocycles. The first-order valence-electron chi connectivity index (χ1n) is 12.1. The van der Waals surface area contributed by atoms with E-state index >= 15 is 0 Å². The van der Waals surface area contributed by atoms with E-state index in [9.17, 15) is 9.59 Å². The number of nitrogens with two attached hydrogens (primary N) is 2. The first-order valence-corrected chi connectivity index (χ1v) is 12.1. The minimum absolute atomic E-state index is 0.0470. The summed E-state index contributed by atoms with van der Waals surface area (Å²) in [7, 11) is 3.12. The van der Waals surface area contributed by atoms with Crippen molar-refractivity contribution in [3.05, 3.63) is 47.5 Å². The van der Waals surface area contributed by atoms with Crippen molar-refractivity contribution in [3.63, 3.8) is 0 Å². The molecule has 5 N–H and O–H groups in total. The van der Waals surface area contributed by atoms with E-state index in [1.807, 2.05) is 17.0 Å². The minimum Gasteiger partial charge on any atom is -0.493 e. The number of benzene rings is 2. The molecular formula is C26H35N5O4. The number of carbonyl (C=O) groups is 2. The zero-order valence-corrected chi connectivity index (χ0v) is 20.5. The predicted octanol–water partition coefficient (Wildman–Crippen LogP) is 2.25.